The standard InChI is InChI=1S/C12H10N2S/c13-7-10-6-12(15-9-10)8-14-11-4-2-1-3-5-11/h1-6,9,14H,8H2. The second-order valence-corrected chi connectivity index (χ2v) is 4.13. The van der Waals surface area contributed by atoms with Gasteiger partial charge >= 0.3 is 0 Å². The molecule has 0 fully saturated rings. The van der Waals surface area contributed by atoms with Crippen LogP contribution in [0.25, 0.3) is 0 Å². The lowest BCUT2D eigenvalue weighted by Crippen LogP contribution is -1.96. The maximum Gasteiger partial charge on any atom is 0.100 e. The number of hydrogen-bond donors (Lipinski definition) is 1. The van der Waals surface area contributed by atoms with E-state index in [0.29, 0.717) is 0 Å². The first-order valence-electron chi connectivity index (χ1n) is 4.65. The van der Waals surface area contributed by atoms with Gasteiger partial charge in [-0.05, 0) is 18.2 Å². The lowest BCUT2D eigenvalue weighted by atomic mass is 10.3. The molecule has 1 heterocycles. The van der Waals surface area contributed by atoms with Gasteiger partial charge in [0.1, 0.15) is 6.07 Å². The Labute approximate surface area is 92.8 Å². The molecule has 2 aromatic rings. The van der Waals surface area contributed by atoms with Gasteiger partial charge in [-0.15, -0.1) is 11.3 Å². The molecule has 0 unspecified atom stereocenters. The van der Waals surface area contributed by atoms with Gasteiger partial charge in [0.2, 0.25) is 0 Å². The van der Waals surface area contributed by atoms with Crippen molar-refractivity contribution in [3.8, 4) is 6.07 Å². The Hall–Kier alpha value is -1.79. The Balaban J connectivity index is 1.97. The van der Waals surface area contributed by atoms with E-state index in [2.05, 4.69) is 11.4 Å². The molecule has 74 valence electrons. The zero-order valence-corrected chi connectivity index (χ0v) is 8.92. The van der Waals surface area contributed by atoms with Gasteiger partial charge in [0.25, 0.3) is 0 Å². The second kappa shape index (κ2) is 4.63. The van der Waals surface area contributed by atoms with Gasteiger partial charge in [0, 0.05) is 22.5 Å². The third-order valence-corrected chi connectivity index (χ3v) is 2.96. The molecule has 15 heavy (non-hydrogen) atoms. The van der Waals surface area contributed by atoms with E-state index < -0.39 is 0 Å². The highest BCUT2D eigenvalue weighted by Crippen LogP contribution is 2.15. The lowest BCUT2D eigenvalue weighted by molar-refractivity contribution is 1.19. The molecule has 1 aromatic heterocycles. The van der Waals surface area contributed by atoms with Crippen molar-refractivity contribution in [3.05, 3.63) is 52.2 Å². The van der Waals surface area contributed by atoms with E-state index in [4.69, 9.17) is 5.26 Å². The van der Waals surface area contributed by atoms with Crippen LogP contribution in [0.3, 0.4) is 0 Å². The first-order chi connectivity index (χ1) is 7.38. The van der Waals surface area contributed by atoms with Crippen LogP contribution < -0.4 is 5.32 Å². The monoisotopic (exact) mass is 214 g/mol. The van der Waals surface area contributed by atoms with Crippen molar-refractivity contribution < 1.29 is 0 Å². The molecule has 0 saturated carbocycles. The number of thiophene rings is 1. The fourth-order valence-corrected chi connectivity index (χ4v) is 2.03. The summed E-state index contributed by atoms with van der Waals surface area (Å²) < 4.78 is 0. The van der Waals surface area contributed by atoms with Crippen molar-refractivity contribution in [2.75, 3.05) is 5.32 Å². The quantitative estimate of drug-likeness (QED) is 0.851. The topological polar surface area (TPSA) is 35.8 Å². The summed E-state index contributed by atoms with van der Waals surface area (Å²) in [6, 6.07) is 14.1. The summed E-state index contributed by atoms with van der Waals surface area (Å²) in [4.78, 5) is 1.18. The highest BCUT2D eigenvalue weighted by molar-refractivity contribution is 7.10. The molecule has 2 nitrogen and oxygen atoms in total. The average Bonchev–Trinajstić information content (AvgIpc) is 2.76. The number of hydrogen-bond acceptors (Lipinski definition) is 3. The molecule has 0 saturated heterocycles. The molecule has 2 rings (SSSR count). The van der Waals surface area contributed by atoms with Gasteiger partial charge in [-0.1, -0.05) is 18.2 Å². The largest absolute Gasteiger partial charge is 0.380 e. The van der Waals surface area contributed by atoms with Crippen LogP contribution in [0.5, 0.6) is 0 Å². The van der Waals surface area contributed by atoms with E-state index in [-0.39, 0.29) is 0 Å². The number of para-hydroxylation sites is 1. The Morgan fingerprint density at radius 2 is 2.07 bits per heavy atom. The fraction of sp³-hybridized carbons (Fsp3) is 0.0833. The van der Waals surface area contributed by atoms with Crippen molar-refractivity contribution in [1.82, 2.24) is 0 Å². The maximum atomic E-state index is 8.67. The number of nitrogens with zero attached hydrogens (tertiary/aromatic N) is 1. The number of rotatable bonds is 3. The van der Waals surface area contributed by atoms with Crippen LogP contribution in [0, 0.1) is 11.3 Å². The maximum absolute atomic E-state index is 8.67. The highest BCUT2D eigenvalue weighted by atomic mass is 32.1. The third-order valence-electron chi connectivity index (χ3n) is 2.02. The van der Waals surface area contributed by atoms with Gasteiger partial charge in [0.05, 0.1) is 5.56 Å². The predicted molar refractivity (Wildman–Crippen MR) is 62.8 cm³/mol. The summed E-state index contributed by atoms with van der Waals surface area (Å²) in [5.41, 5.74) is 1.84. The van der Waals surface area contributed by atoms with Crippen molar-refractivity contribution in [1.29, 1.82) is 5.26 Å². The van der Waals surface area contributed by atoms with Gasteiger partial charge < -0.3 is 5.32 Å². The molecule has 0 atom stereocenters. The normalized spacial score (nSPS) is 9.53. The number of benzene rings is 1. The average molecular weight is 214 g/mol. The molecule has 0 spiro atoms. The lowest BCUT2D eigenvalue weighted by Gasteiger charge is -2.03. The summed E-state index contributed by atoms with van der Waals surface area (Å²) in [5.74, 6) is 0. The Bertz CT molecular complexity index is 468. The summed E-state index contributed by atoms with van der Waals surface area (Å²) in [5, 5.41) is 13.8. The molecule has 1 aromatic carbocycles. The Kier molecular flexibility index (Phi) is 3.01. The van der Waals surface area contributed by atoms with Crippen molar-refractivity contribution in [3.63, 3.8) is 0 Å². The zero-order chi connectivity index (χ0) is 10.5. The molecular formula is C12H10N2S. The van der Waals surface area contributed by atoms with Crippen LogP contribution in [0.4, 0.5) is 5.69 Å². The van der Waals surface area contributed by atoms with Gasteiger partial charge in [-0.2, -0.15) is 5.26 Å². The molecule has 0 aliphatic rings. The van der Waals surface area contributed by atoms with Crippen LogP contribution in [-0.2, 0) is 6.54 Å². The van der Waals surface area contributed by atoms with E-state index in [0.717, 1.165) is 17.8 Å². The minimum Gasteiger partial charge on any atom is -0.380 e. The molecule has 0 bridgehead atoms. The summed E-state index contributed by atoms with van der Waals surface area (Å²) in [6.45, 7) is 0.774. The molecule has 3 heteroatoms. The van der Waals surface area contributed by atoms with Crippen LogP contribution >= 0.6 is 11.3 Å². The molecule has 0 radical (unpaired) electrons. The number of anilines is 1. The van der Waals surface area contributed by atoms with Gasteiger partial charge in [-0.25, -0.2) is 0 Å². The molecule has 0 aliphatic carbocycles. The number of nitriles is 1. The first-order valence-corrected chi connectivity index (χ1v) is 5.53. The summed E-state index contributed by atoms with van der Waals surface area (Å²) in [7, 11) is 0. The SMILES string of the molecule is N#Cc1csc(CNc2ccccc2)c1. The number of nitrogens with one attached hydrogen (secondary N) is 1. The van der Waals surface area contributed by atoms with Crippen LogP contribution in [0.1, 0.15) is 10.4 Å². The summed E-state index contributed by atoms with van der Waals surface area (Å²) in [6.07, 6.45) is 0. The minimum atomic E-state index is 0.741. The fourth-order valence-electron chi connectivity index (χ4n) is 1.28. The smallest absolute Gasteiger partial charge is 0.100 e. The molecule has 0 aliphatic heterocycles. The zero-order valence-electron chi connectivity index (χ0n) is 8.10. The van der Waals surface area contributed by atoms with E-state index in [9.17, 15) is 0 Å². The van der Waals surface area contributed by atoms with E-state index in [1.807, 2.05) is 41.8 Å². The van der Waals surface area contributed by atoms with E-state index in [1.165, 1.54) is 4.88 Å². The van der Waals surface area contributed by atoms with Crippen molar-refractivity contribution in [2.24, 2.45) is 0 Å². The molecular weight excluding hydrogens is 204 g/mol. The first kappa shape index (κ1) is 9.75. The second-order valence-electron chi connectivity index (χ2n) is 3.13. The van der Waals surface area contributed by atoms with Gasteiger partial charge in [-0.3, -0.25) is 0 Å². The molecule has 0 amide bonds. The highest BCUT2D eigenvalue weighted by Gasteiger charge is 1.98. The van der Waals surface area contributed by atoms with Crippen LogP contribution in [-0.4, -0.2) is 0 Å². The Morgan fingerprint density at radius 1 is 1.27 bits per heavy atom. The predicted octanol–water partition coefficient (Wildman–Crippen LogP) is 3.23. The van der Waals surface area contributed by atoms with Crippen molar-refractivity contribution in [2.45, 2.75) is 6.54 Å². The van der Waals surface area contributed by atoms with Gasteiger partial charge in [0.15, 0.2) is 0 Å². The van der Waals surface area contributed by atoms with Crippen molar-refractivity contribution >= 4 is 17.0 Å². The Morgan fingerprint density at radius 3 is 2.73 bits per heavy atom. The van der Waals surface area contributed by atoms with E-state index in [1.54, 1.807) is 11.3 Å². The van der Waals surface area contributed by atoms with Crippen LogP contribution in [0.15, 0.2) is 41.8 Å². The third kappa shape index (κ3) is 2.58. The van der Waals surface area contributed by atoms with E-state index >= 15 is 0 Å². The molecule has 1 N–H and O–H groups in total. The van der Waals surface area contributed by atoms with Crippen LogP contribution in [0.2, 0.25) is 0 Å². The summed E-state index contributed by atoms with van der Waals surface area (Å²) >= 11 is 1.61. The minimum absolute atomic E-state index is 0.741.